The Morgan fingerprint density at radius 2 is 1.75 bits per heavy atom. The summed E-state index contributed by atoms with van der Waals surface area (Å²) in [5, 5.41) is 8.69. The van der Waals surface area contributed by atoms with Crippen molar-refractivity contribution in [1.82, 2.24) is 9.80 Å². The van der Waals surface area contributed by atoms with Crippen LogP contribution in [0.1, 0.15) is 0 Å². The number of β-amino-alcohol motifs (C(OH)–C–C–N with tert-alkyl or cyclic N) is 1. The van der Waals surface area contributed by atoms with Gasteiger partial charge in [-0.25, -0.2) is 0 Å². The van der Waals surface area contributed by atoms with E-state index in [0.717, 1.165) is 32.7 Å². The van der Waals surface area contributed by atoms with Crippen LogP contribution >= 0.6 is 0 Å². The van der Waals surface area contributed by atoms with Gasteiger partial charge in [-0.05, 0) is 0 Å². The molecule has 72 valence electrons. The number of nitrogens with two attached hydrogens (primary N) is 2. The van der Waals surface area contributed by atoms with Crippen molar-refractivity contribution in [3.8, 4) is 0 Å². The molecule has 1 heterocycles. The van der Waals surface area contributed by atoms with Crippen molar-refractivity contribution in [2.75, 3.05) is 39.3 Å². The van der Waals surface area contributed by atoms with Crippen LogP contribution in [0.4, 0.5) is 0 Å². The number of nitrogens with zero attached hydrogens (tertiary/aromatic N) is 2. The summed E-state index contributed by atoms with van der Waals surface area (Å²) < 4.78 is 0. The maximum atomic E-state index is 8.69. The highest BCUT2D eigenvalue weighted by Crippen LogP contribution is 2.00. The van der Waals surface area contributed by atoms with E-state index >= 15 is 0 Å². The molecule has 12 heavy (non-hydrogen) atoms. The Labute approximate surface area is 72.9 Å². The van der Waals surface area contributed by atoms with Gasteiger partial charge in [-0.2, -0.15) is 0 Å². The number of rotatable bonds is 3. The summed E-state index contributed by atoms with van der Waals surface area (Å²) in [6.45, 7) is 4.69. The smallest absolute Gasteiger partial charge is 0.109 e. The van der Waals surface area contributed by atoms with Crippen molar-refractivity contribution in [2.24, 2.45) is 11.5 Å². The molecule has 0 aliphatic carbocycles. The Kier molecular flexibility index (Phi) is 3.90. The minimum atomic E-state index is -0.332. The van der Waals surface area contributed by atoms with Crippen LogP contribution in [0, 0.1) is 0 Å². The van der Waals surface area contributed by atoms with Crippen LogP contribution in [0.15, 0.2) is 0 Å². The van der Waals surface area contributed by atoms with Gasteiger partial charge in [-0.15, -0.1) is 0 Å². The molecule has 5 nitrogen and oxygen atoms in total. The fraction of sp³-hybridized carbons (Fsp3) is 1.00. The van der Waals surface area contributed by atoms with Crippen LogP contribution in [-0.2, 0) is 0 Å². The second-order valence-electron chi connectivity index (χ2n) is 3.09. The van der Waals surface area contributed by atoms with Crippen LogP contribution in [0.5, 0.6) is 0 Å². The van der Waals surface area contributed by atoms with Crippen molar-refractivity contribution >= 4 is 0 Å². The zero-order chi connectivity index (χ0) is 8.97. The van der Waals surface area contributed by atoms with Crippen molar-refractivity contribution in [1.29, 1.82) is 0 Å². The number of aliphatic hydroxyl groups is 1. The molecule has 5 N–H and O–H groups in total. The minimum absolute atomic E-state index is 0.231. The molecule has 5 heteroatoms. The Bertz CT molecular complexity index is 123. The first-order valence-electron chi connectivity index (χ1n) is 4.32. The van der Waals surface area contributed by atoms with Crippen molar-refractivity contribution in [3.63, 3.8) is 0 Å². The predicted molar refractivity (Wildman–Crippen MR) is 47.3 cm³/mol. The van der Waals surface area contributed by atoms with Crippen LogP contribution in [0.25, 0.3) is 0 Å². The quantitative estimate of drug-likeness (QED) is 0.423. The van der Waals surface area contributed by atoms with Gasteiger partial charge in [0.05, 0.1) is 6.61 Å². The first-order valence-corrected chi connectivity index (χ1v) is 4.32. The van der Waals surface area contributed by atoms with Gasteiger partial charge in [0.2, 0.25) is 0 Å². The molecule has 0 atom stereocenters. The normalized spacial score (nSPS) is 22.0. The molecule has 1 rings (SSSR count). The predicted octanol–water partition coefficient (Wildman–Crippen LogP) is -2.20. The van der Waals surface area contributed by atoms with Gasteiger partial charge >= 0.3 is 0 Å². The van der Waals surface area contributed by atoms with E-state index in [9.17, 15) is 0 Å². The van der Waals surface area contributed by atoms with E-state index in [0.29, 0.717) is 0 Å². The van der Waals surface area contributed by atoms with Crippen LogP contribution < -0.4 is 11.5 Å². The molecule has 1 saturated heterocycles. The molecule has 1 fully saturated rings. The van der Waals surface area contributed by atoms with Crippen LogP contribution in [0.3, 0.4) is 0 Å². The van der Waals surface area contributed by atoms with Crippen LogP contribution in [0.2, 0.25) is 0 Å². The van der Waals surface area contributed by atoms with E-state index in [1.54, 1.807) is 0 Å². The lowest BCUT2D eigenvalue weighted by Crippen LogP contribution is -2.57. The summed E-state index contributed by atoms with van der Waals surface area (Å²) in [4.78, 5) is 4.24. The van der Waals surface area contributed by atoms with E-state index in [1.807, 2.05) is 4.90 Å². The number of hydrogen-bond acceptors (Lipinski definition) is 5. The molecule has 0 aromatic heterocycles. The Morgan fingerprint density at radius 3 is 2.17 bits per heavy atom. The highest BCUT2D eigenvalue weighted by molar-refractivity contribution is 4.72. The SMILES string of the molecule is NC(N)N1CCN(CCO)CC1. The molecule has 0 bridgehead atoms. The van der Waals surface area contributed by atoms with Crippen molar-refractivity contribution in [2.45, 2.75) is 6.29 Å². The van der Waals surface area contributed by atoms with E-state index in [4.69, 9.17) is 16.6 Å². The number of aliphatic hydroxyl groups excluding tert-OH is 1. The number of piperazine rings is 1. The maximum absolute atomic E-state index is 8.69. The first kappa shape index (κ1) is 9.88. The van der Waals surface area contributed by atoms with Gasteiger partial charge in [-0.3, -0.25) is 9.80 Å². The molecular formula is C7H18N4O. The molecule has 1 aliphatic rings. The first-order chi connectivity index (χ1) is 5.74. The summed E-state index contributed by atoms with van der Waals surface area (Å²) >= 11 is 0. The van der Waals surface area contributed by atoms with E-state index in [1.165, 1.54) is 0 Å². The van der Waals surface area contributed by atoms with E-state index < -0.39 is 0 Å². The summed E-state index contributed by atoms with van der Waals surface area (Å²) in [6.07, 6.45) is -0.332. The van der Waals surface area contributed by atoms with Gasteiger partial charge in [0.15, 0.2) is 0 Å². The van der Waals surface area contributed by atoms with Gasteiger partial charge in [-0.1, -0.05) is 0 Å². The summed E-state index contributed by atoms with van der Waals surface area (Å²) in [5.41, 5.74) is 11.0. The lowest BCUT2D eigenvalue weighted by molar-refractivity contribution is 0.0872. The Hall–Kier alpha value is -0.200. The molecule has 0 aromatic rings. The monoisotopic (exact) mass is 174 g/mol. The average molecular weight is 174 g/mol. The van der Waals surface area contributed by atoms with Crippen molar-refractivity contribution in [3.05, 3.63) is 0 Å². The highest BCUT2D eigenvalue weighted by atomic mass is 16.3. The lowest BCUT2D eigenvalue weighted by Gasteiger charge is -2.35. The fourth-order valence-electron chi connectivity index (χ4n) is 1.43. The molecular weight excluding hydrogens is 156 g/mol. The second-order valence-corrected chi connectivity index (χ2v) is 3.09. The zero-order valence-electron chi connectivity index (χ0n) is 7.32. The minimum Gasteiger partial charge on any atom is -0.395 e. The third-order valence-corrected chi connectivity index (χ3v) is 2.24. The summed E-state index contributed by atoms with van der Waals surface area (Å²) in [7, 11) is 0. The van der Waals surface area contributed by atoms with Gasteiger partial charge < -0.3 is 16.6 Å². The molecule has 0 saturated carbocycles. The molecule has 1 aliphatic heterocycles. The third-order valence-electron chi connectivity index (χ3n) is 2.24. The molecule has 0 spiro atoms. The number of hydrogen-bond donors (Lipinski definition) is 3. The summed E-state index contributed by atoms with van der Waals surface area (Å²) in [6, 6.07) is 0. The Morgan fingerprint density at radius 1 is 1.17 bits per heavy atom. The average Bonchev–Trinajstić information content (AvgIpc) is 2.06. The van der Waals surface area contributed by atoms with Gasteiger partial charge in [0, 0.05) is 32.7 Å². The highest BCUT2D eigenvalue weighted by Gasteiger charge is 2.18. The van der Waals surface area contributed by atoms with Crippen molar-refractivity contribution < 1.29 is 5.11 Å². The van der Waals surface area contributed by atoms with Gasteiger partial charge in [0.25, 0.3) is 0 Å². The third kappa shape index (κ3) is 2.69. The largest absolute Gasteiger partial charge is 0.395 e. The van der Waals surface area contributed by atoms with Crippen LogP contribution in [-0.4, -0.2) is 60.5 Å². The van der Waals surface area contributed by atoms with E-state index in [2.05, 4.69) is 4.90 Å². The molecule has 0 aromatic carbocycles. The fourth-order valence-corrected chi connectivity index (χ4v) is 1.43. The second kappa shape index (κ2) is 4.74. The van der Waals surface area contributed by atoms with Gasteiger partial charge in [0.1, 0.15) is 6.29 Å². The molecule has 0 radical (unpaired) electrons. The lowest BCUT2D eigenvalue weighted by atomic mass is 10.3. The topological polar surface area (TPSA) is 78.8 Å². The Balaban J connectivity index is 2.20. The standard InChI is InChI=1S/C7H18N4O/c8-7(9)11-3-1-10(2-4-11)5-6-12/h7,12H,1-6,8-9H2. The van der Waals surface area contributed by atoms with E-state index in [-0.39, 0.29) is 12.9 Å². The molecule has 0 amide bonds. The zero-order valence-corrected chi connectivity index (χ0v) is 7.32. The summed E-state index contributed by atoms with van der Waals surface area (Å²) in [5.74, 6) is 0. The maximum Gasteiger partial charge on any atom is 0.109 e. The molecule has 0 unspecified atom stereocenters.